The van der Waals surface area contributed by atoms with Crippen molar-refractivity contribution >= 4 is 41.7 Å². The molecule has 0 heterocycles. The molecule has 0 bridgehead atoms. The van der Waals surface area contributed by atoms with Gasteiger partial charge in [-0.05, 0) is 43.9 Å². The molecule has 0 aromatic heterocycles. The highest BCUT2D eigenvalue weighted by molar-refractivity contribution is 14.0. The minimum atomic E-state index is 0. The SMILES string of the molecule is CN=C(NCCSc1ccccc1)NCC(c1ccc(OC)c(OC)c1)N(C)C.I. The molecule has 2 aromatic rings. The first-order valence-electron chi connectivity index (χ1n) is 9.59. The molecule has 0 radical (unpaired) electrons. The Morgan fingerprint density at radius 3 is 2.33 bits per heavy atom. The Morgan fingerprint density at radius 2 is 1.73 bits per heavy atom. The number of hydrogen-bond acceptors (Lipinski definition) is 5. The summed E-state index contributed by atoms with van der Waals surface area (Å²) >= 11 is 1.83. The van der Waals surface area contributed by atoms with Gasteiger partial charge in [0, 0.05) is 30.8 Å². The summed E-state index contributed by atoms with van der Waals surface area (Å²) in [5.74, 6) is 3.23. The van der Waals surface area contributed by atoms with Gasteiger partial charge in [-0.1, -0.05) is 24.3 Å². The van der Waals surface area contributed by atoms with Crippen molar-refractivity contribution < 1.29 is 9.47 Å². The van der Waals surface area contributed by atoms with Crippen LogP contribution in [-0.2, 0) is 0 Å². The number of ether oxygens (including phenoxy) is 2. The molecule has 0 fully saturated rings. The highest BCUT2D eigenvalue weighted by atomic mass is 127. The van der Waals surface area contributed by atoms with Gasteiger partial charge in [-0.25, -0.2) is 0 Å². The van der Waals surface area contributed by atoms with Crippen LogP contribution in [0.3, 0.4) is 0 Å². The van der Waals surface area contributed by atoms with Gasteiger partial charge in [0.05, 0.1) is 20.3 Å². The molecule has 1 atom stereocenters. The molecule has 2 N–H and O–H groups in total. The first-order chi connectivity index (χ1) is 14.1. The first kappa shape index (κ1) is 26.4. The smallest absolute Gasteiger partial charge is 0.191 e. The zero-order valence-corrected chi connectivity index (χ0v) is 21.5. The van der Waals surface area contributed by atoms with Crippen molar-refractivity contribution in [1.29, 1.82) is 0 Å². The van der Waals surface area contributed by atoms with Crippen LogP contribution in [0.5, 0.6) is 11.5 Å². The molecule has 1 unspecified atom stereocenters. The van der Waals surface area contributed by atoms with Crippen LogP contribution in [0.4, 0.5) is 0 Å². The van der Waals surface area contributed by atoms with Crippen molar-refractivity contribution in [2.75, 3.05) is 54.2 Å². The summed E-state index contributed by atoms with van der Waals surface area (Å²) in [6.07, 6.45) is 0. The van der Waals surface area contributed by atoms with E-state index in [-0.39, 0.29) is 30.0 Å². The molecule has 0 aliphatic heterocycles. The number of hydrogen-bond donors (Lipinski definition) is 2. The number of benzene rings is 2. The molecule has 0 saturated carbocycles. The third-order valence-electron chi connectivity index (χ3n) is 4.51. The number of rotatable bonds is 10. The van der Waals surface area contributed by atoms with Crippen molar-refractivity contribution in [2.24, 2.45) is 4.99 Å². The number of aliphatic imine (C=N–C) groups is 1. The lowest BCUT2D eigenvalue weighted by molar-refractivity contribution is 0.296. The van der Waals surface area contributed by atoms with Crippen LogP contribution in [0.25, 0.3) is 0 Å². The van der Waals surface area contributed by atoms with Crippen molar-refractivity contribution in [2.45, 2.75) is 10.9 Å². The first-order valence-corrected chi connectivity index (χ1v) is 10.6. The van der Waals surface area contributed by atoms with Crippen LogP contribution in [0, 0.1) is 0 Å². The summed E-state index contributed by atoms with van der Waals surface area (Å²) in [7, 11) is 9.23. The maximum absolute atomic E-state index is 5.45. The fourth-order valence-electron chi connectivity index (χ4n) is 2.93. The number of halogens is 1. The van der Waals surface area contributed by atoms with Crippen LogP contribution in [0.15, 0.2) is 58.4 Å². The van der Waals surface area contributed by atoms with Gasteiger partial charge in [0.25, 0.3) is 0 Å². The second-order valence-corrected chi connectivity index (χ2v) is 7.80. The normalized spacial score (nSPS) is 12.1. The molecule has 6 nitrogen and oxygen atoms in total. The summed E-state index contributed by atoms with van der Waals surface area (Å²) in [5, 5.41) is 6.81. The highest BCUT2D eigenvalue weighted by Crippen LogP contribution is 2.31. The average molecular weight is 545 g/mol. The lowest BCUT2D eigenvalue weighted by Crippen LogP contribution is -2.42. The van der Waals surface area contributed by atoms with E-state index in [1.54, 1.807) is 21.3 Å². The molecule has 30 heavy (non-hydrogen) atoms. The quantitative estimate of drug-likeness (QED) is 0.156. The zero-order chi connectivity index (χ0) is 21.1. The van der Waals surface area contributed by atoms with Gasteiger partial charge in [0.2, 0.25) is 0 Å². The van der Waals surface area contributed by atoms with Gasteiger partial charge in [0.15, 0.2) is 17.5 Å². The molecule has 166 valence electrons. The monoisotopic (exact) mass is 544 g/mol. The van der Waals surface area contributed by atoms with Gasteiger partial charge in [0.1, 0.15) is 0 Å². The maximum atomic E-state index is 5.45. The predicted octanol–water partition coefficient (Wildman–Crippen LogP) is 3.88. The second kappa shape index (κ2) is 14.4. The Labute approximate surface area is 201 Å². The number of likely N-dealkylation sites (N-methyl/N-ethyl adjacent to an activating group) is 1. The van der Waals surface area contributed by atoms with E-state index in [1.807, 2.05) is 30.0 Å². The Balaban J connectivity index is 0.00000450. The van der Waals surface area contributed by atoms with Crippen molar-refractivity contribution in [3.8, 4) is 11.5 Å². The molecule has 0 aliphatic carbocycles. The summed E-state index contributed by atoms with van der Waals surface area (Å²) < 4.78 is 10.8. The minimum Gasteiger partial charge on any atom is -0.493 e. The fraction of sp³-hybridized carbons (Fsp3) is 0.409. The van der Waals surface area contributed by atoms with E-state index < -0.39 is 0 Å². The van der Waals surface area contributed by atoms with E-state index in [4.69, 9.17) is 9.47 Å². The summed E-state index contributed by atoms with van der Waals surface area (Å²) in [6.45, 7) is 1.55. The van der Waals surface area contributed by atoms with Crippen LogP contribution in [0.2, 0.25) is 0 Å². The van der Waals surface area contributed by atoms with E-state index in [9.17, 15) is 0 Å². The molecule has 0 saturated heterocycles. The number of nitrogens with zero attached hydrogens (tertiary/aromatic N) is 2. The standard InChI is InChI=1S/C22H32N4O2S.HI/c1-23-22(24-13-14-29-18-9-7-6-8-10-18)25-16-19(26(2)3)17-11-12-20(27-4)21(15-17)28-5;/h6-12,15,19H,13-14,16H2,1-5H3,(H2,23,24,25);1H. The lowest BCUT2D eigenvalue weighted by Gasteiger charge is -2.26. The minimum absolute atomic E-state index is 0. The lowest BCUT2D eigenvalue weighted by atomic mass is 10.1. The fourth-order valence-corrected chi connectivity index (χ4v) is 3.72. The molecule has 0 aliphatic rings. The predicted molar refractivity (Wildman–Crippen MR) is 138 cm³/mol. The van der Waals surface area contributed by atoms with Gasteiger partial charge in [-0.2, -0.15) is 0 Å². The van der Waals surface area contributed by atoms with Crippen LogP contribution in [0.1, 0.15) is 11.6 Å². The van der Waals surface area contributed by atoms with Gasteiger partial charge < -0.3 is 25.0 Å². The Bertz CT molecular complexity index is 775. The number of nitrogens with one attached hydrogen (secondary N) is 2. The Morgan fingerprint density at radius 1 is 1.03 bits per heavy atom. The maximum Gasteiger partial charge on any atom is 0.191 e. The van der Waals surface area contributed by atoms with Crippen molar-refractivity contribution in [3.63, 3.8) is 0 Å². The number of guanidine groups is 1. The van der Waals surface area contributed by atoms with Crippen molar-refractivity contribution in [1.82, 2.24) is 15.5 Å². The van der Waals surface area contributed by atoms with Crippen LogP contribution < -0.4 is 20.1 Å². The largest absolute Gasteiger partial charge is 0.493 e. The molecule has 0 amide bonds. The average Bonchev–Trinajstić information content (AvgIpc) is 2.75. The molecular formula is C22H33IN4O2S. The topological polar surface area (TPSA) is 58.1 Å². The Hall–Kier alpha value is -1.65. The second-order valence-electron chi connectivity index (χ2n) is 6.64. The third kappa shape index (κ3) is 8.23. The third-order valence-corrected chi connectivity index (χ3v) is 5.52. The van der Waals surface area contributed by atoms with E-state index in [0.29, 0.717) is 6.54 Å². The van der Waals surface area contributed by atoms with Crippen molar-refractivity contribution in [3.05, 3.63) is 54.1 Å². The highest BCUT2D eigenvalue weighted by Gasteiger charge is 2.17. The van der Waals surface area contributed by atoms with Gasteiger partial charge >= 0.3 is 0 Å². The molecule has 2 rings (SSSR count). The number of thioether (sulfide) groups is 1. The Kier molecular flexibility index (Phi) is 12.6. The van der Waals surface area contributed by atoms with E-state index in [2.05, 4.69) is 65.0 Å². The molecule has 8 heteroatoms. The van der Waals surface area contributed by atoms with Crippen LogP contribution >= 0.6 is 35.7 Å². The number of methoxy groups -OCH3 is 2. The summed E-state index contributed by atoms with van der Waals surface area (Å²) in [4.78, 5) is 7.79. The van der Waals surface area contributed by atoms with E-state index >= 15 is 0 Å². The molecule has 0 spiro atoms. The van der Waals surface area contributed by atoms with Gasteiger partial charge in [-0.15, -0.1) is 35.7 Å². The summed E-state index contributed by atoms with van der Waals surface area (Å²) in [5.41, 5.74) is 1.15. The van der Waals surface area contributed by atoms with E-state index in [1.165, 1.54) is 4.90 Å². The zero-order valence-electron chi connectivity index (χ0n) is 18.3. The molecule has 2 aromatic carbocycles. The molecular weight excluding hydrogens is 511 g/mol. The van der Waals surface area contributed by atoms with Crippen LogP contribution in [-0.4, -0.2) is 65.1 Å². The summed E-state index contributed by atoms with van der Waals surface area (Å²) in [6, 6.07) is 16.6. The van der Waals surface area contributed by atoms with Gasteiger partial charge in [-0.3, -0.25) is 4.99 Å². The van der Waals surface area contributed by atoms with E-state index in [0.717, 1.165) is 35.3 Å².